The zero-order valence-corrected chi connectivity index (χ0v) is 25.4. The molecule has 1 atom stereocenters. The van der Waals surface area contributed by atoms with Gasteiger partial charge in [0.1, 0.15) is 0 Å². The van der Waals surface area contributed by atoms with Gasteiger partial charge in [-0.2, -0.15) is 0 Å². The molecule has 45 heavy (non-hydrogen) atoms. The molecule has 6 rings (SSSR count). The van der Waals surface area contributed by atoms with E-state index in [2.05, 4.69) is 25.8 Å². The Kier molecular flexibility index (Phi) is 9.45. The van der Waals surface area contributed by atoms with E-state index in [1.165, 1.54) is 12.1 Å². The number of carbonyl (C=O) groups excluding carboxylic acids is 1. The van der Waals surface area contributed by atoms with Gasteiger partial charge in [0.25, 0.3) is 5.91 Å². The lowest BCUT2D eigenvalue weighted by Gasteiger charge is -2.34. The van der Waals surface area contributed by atoms with Gasteiger partial charge in [0.15, 0.2) is 11.6 Å². The van der Waals surface area contributed by atoms with Crippen molar-refractivity contribution in [3.05, 3.63) is 126 Å². The number of hydrogen-bond acceptors (Lipinski definition) is 5. The molecular weight excluding hydrogens is 570 g/mol. The van der Waals surface area contributed by atoms with Crippen molar-refractivity contribution in [3.63, 3.8) is 0 Å². The summed E-state index contributed by atoms with van der Waals surface area (Å²) in [6.45, 7) is 3.64. The number of likely N-dealkylation sites (tertiary alicyclic amines) is 1. The summed E-state index contributed by atoms with van der Waals surface area (Å²) in [6, 6.07) is 27.6. The predicted octanol–water partition coefficient (Wildman–Crippen LogP) is 6.58. The molecule has 1 unspecified atom stereocenters. The van der Waals surface area contributed by atoms with E-state index in [1.54, 1.807) is 30.1 Å². The van der Waals surface area contributed by atoms with Gasteiger partial charge in [-0.15, -0.1) is 0 Å². The van der Waals surface area contributed by atoms with E-state index in [1.807, 2.05) is 60.8 Å². The molecule has 1 fully saturated rings. The summed E-state index contributed by atoms with van der Waals surface area (Å²) < 4.78 is 30.2. The van der Waals surface area contributed by atoms with Crippen LogP contribution >= 0.6 is 0 Å². The second kappa shape index (κ2) is 14.0. The zero-order chi connectivity index (χ0) is 31.2. The van der Waals surface area contributed by atoms with Gasteiger partial charge in [0.2, 0.25) is 5.95 Å². The van der Waals surface area contributed by atoms with Gasteiger partial charge in [-0.3, -0.25) is 9.78 Å². The maximum absolute atomic E-state index is 14.3. The van der Waals surface area contributed by atoms with E-state index < -0.39 is 11.6 Å². The number of amides is 1. The molecule has 1 aliphatic rings. The largest absolute Gasteiger partial charge is 0.353 e. The lowest BCUT2D eigenvalue weighted by Crippen LogP contribution is -2.40. The first-order chi connectivity index (χ1) is 21.9. The minimum atomic E-state index is -0.866. The van der Waals surface area contributed by atoms with Crippen molar-refractivity contribution in [3.8, 4) is 0 Å². The number of piperidine rings is 1. The summed E-state index contributed by atoms with van der Waals surface area (Å²) in [5, 5.41) is 3.71. The Morgan fingerprint density at radius 3 is 2.47 bits per heavy atom. The van der Waals surface area contributed by atoms with Crippen LogP contribution in [0.4, 0.5) is 14.7 Å². The van der Waals surface area contributed by atoms with Gasteiger partial charge in [0, 0.05) is 50.4 Å². The minimum Gasteiger partial charge on any atom is -0.353 e. The Hall–Kier alpha value is -4.63. The van der Waals surface area contributed by atoms with Crippen LogP contribution in [0, 0.1) is 11.6 Å². The van der Waals surface area contributed by atoms with Gasteiger partial charge in [-0.1, -0.05) is 42.5 Å². The molecule has 0 spiro atoms. The molecule has 5 aromatic rings. The number of fused-ring (bicyclic) bond motifs is 1. The number of benzene rings is 3. The number of hydrogen-bond donors (Lipinski definition) is 1. The molecule has 9 heteroatoms. The van der Waals surface area contributed by atoms with Crippen molar-refractivity contribution >= 4 is 22.9 Å². The predicted molar refractivity (Wildman–Crippen MR) is 173 cm³/mol. The molecule has 1 N–H and O–H groups in total. The second-order valence-corrected chi connectivity index (χ2v) is 11.8. The van der Waals surface area contributed by atoms with Crippen LogP contribution in [-0.2, 0) is 6.54 Å². The van der Waals surface area contributed by atoms with Crippen LogP contribution in [0.15, 0.2) is 97.2 Å². The van der Waals surface area contributed by atoms with E-state index in [0.29, 0.717) is 24.2 Å². The number of aromatic nitrogens is 3. The summed E-state index contributed by atoms with van der Waals surface area (Å²) in [5.74, 6) is -1.11. The smallest absolute Gasteiger partial charge is 0.253 e. The fourth-order valence-corrected chi connectivity index (χ4v) is 6.17. The van der Waals surface area contributed by atoms with Gasteiger partial charge in [-0.25, -0.2) is 13.8 Å². The third-order valence-corrected chi connectivity index (χ3v) is 8.69. The Labute approximate surface area is 262 Å². The molecule has 0 saturated carbocycles. The molecule has 2 aromatic heterocycles. The number of rotatable bonds is 11. The summed E-state index contributed by atoms with van der Waals surface area (Å²) in [4.78, 5) is 26.6. The molecule has 232 valence electrons. The normalized spacial score (nSPS) is 14.8. The number of para-hydroxylation sites is 2. The molecule has 1 amide bonds. The first-order valence-electron chi connectivity index (χ1n) is 15.5. The first kappa shape index (κ1) is 30.4. The number of nitrogens with zero attached hydrogens (tertiary/aromatic N) is 5. The average molecular weight is 609 g/mol. The lowest BCUT2D eigenvalue weighted by molar-refractivity contribution is 0.0781. The Morgan fingerprint density at radius 1 is 0.956 bits per heavy atom. The summed E-state index contributed by atoms with van der Waals surface area (Å²) in [6.07, 6.45) is 4.44. The molecule has 7 nitrogen and oxygen atoms in total. The van der Waals surface area contributed by atoms with Gasteiger partial charge < -0.3 is 19.7 Å². The molecule has 3 heterocycles. The fraction of sp³-hybridized carbons (Fsp3) is 0.306. The van der Waals surface area contributed by atoms with E-state index in [4.69, 9.17) is 4.98 Å². The van der Waals surface area contributed by atoms with Crippen molar-refractivity contribution in [1.82, 2.24) is 24.3 Å². The van der Waals surface area contributed by atoms with E-state index >= 15 is 0 Å². The van der Waals surface area contributed by atoms with E-state index in [9.17, 15) is 13.6 Å². The third kappa shape index (κ3) is 7.37. The van der Waals surface area contributed by atoms with Gasteiger partial charge in [0.05, 0.1) is 23.3 Å². The van der Waals surface area contributed by atoms with Crippen molar-refractivity contribution in [2.75, 3.05) is 38.5 Å². The highest BCUT2D eigenvalue weighted by atomic mass is 19.2. The lowest BCUT2D eigenvalue weighted by atomic mass is 9.93. The third-order valence-electron chi connectivity index (χ3n) is 8.69. The Morgan fingerprint density at radius 2 is 1.71 bits per heavy atom. The number of carbonyl (C=O) groups is 1. The van der Waals surface area contributed by atoms with Crippen molar-refractivity contribution in [2.45, 2.75) is 37.8 Å². The highest BCUT2D eigenvalue weighted by Crippen LogP contribution is 2.27. The molecule has 0 aliphatic carbocycles. The van der Waals surface area contributed by atoms with E-state index in [0.717, 1.165) is 61.6 Å². The number of pyridine rings is 1. The zero-order valence-electron chi connectivity index (χ0n) is 25.4. The summed E-state index contributed by atoms with van der Waals surface area (Å²) >= 11 is 0. The summed E-state index contributed by atoms with van der Waals surface area (Å²) in [7, 11) is 1.76. The van der Waals surface area contributed by atoms with Gasteiger partial charge >= 0.3 is 0 Å². The van der Waals surface area contributed by atoms with Gasteiger partial charge in [-0.05, 0) is 79.9 Å². The monoisotopic (exact) mass is 608 g/mol. The quantitative estimate of drug-likeness (QED) is 0.184. The highest BCUT2D eigenvalue weighted by molar-refractivity contribution is 5.94. The SMILES string of the molecule is CN(CC(CCN1CCC(Nc2nc3ccccc3n2Cc2ccccn2)CC1)c1ccc(F)c(F)c1)C(=O)c1ccccc1. The molecular formula is C36H38F2N6O. The molecule has 3 aromatic carbocycles. The van der Waals surface area contributed by atoms with Crippen molar-refractivity contribution in [1.29, 1.82) is 0 Å². The maximum atomic E-state index is 14.3. The molecule has 1 saturated heterocycles. The number of anilines is 1. The molecule has 0 radical (unpaired) electrons. The standard InChI is InChI=1S/C36H38F2N6O/c1-42(35(45)26-9-3-2-4-10-26)24-28(27-14-15-31(37)32(38)23-27)16-20-43-21-17-29(18-22-43)40-36-41-33-12-5-6-13-34(33)44(36)25-30-11-7-8-19-39-30/h2-15,19,23,28-29H,16-18,20-22,24-25H2,1H3,(H,40,41). The topological polar surface area (TPSA) is 66.3 Å². The Balaban J connectivity index is 1.09. The maximum Gasteiger partial charge on any atom is 0.253 e. The fourth-order valence-electron chi connectivity index (χ4n) is 6.17. The van der Waals surface area contributed by atoms with Crippen LogP contribution in [0.5, 0.6) is 0 Å². The van der Waals surface area contributed by atoms with Crippen LogP contribution in [0.2, 0.25) is 0 Å². The van der Waals surface area contributed by atoms with Crippen LogP contribution in [0.3, 0.4) is 0 Å². The second-order valence-electron chi connectivity index (χ2n) is 11.8. The molecule has 1 aliphatic heterocycles. The van der Waals surface area contributed by atoms with Crippen LogP contribution in [0.1, 0.15) is 46.8 Å². The Bertz CT molecular complexity index is 1720. The number of imidazole rings is 1. The molecule has 0 bridgehead atoms. The number of nitrogens with one attached hydrogen (secondary N) is 1. The first-order valence-corrected chi connectivity index (χ1v) is 15.5. The summed E-state index contributed by atoms with van der Waals surface area (Å²) in [5.41, 5.74) is 4.30. The van der Waals surface area contributed by atoms with Crippen LogP contribution < -0.4 is 5.32 Å². The minimum absolute atomic E-state index is 0.0934. The average Bonchev–Trinajstić information content (AvgIpc) is 3.41. The number of likely N-dealkylation sites (N-methyl/N-ethyl adjacent to an activating group) is 1. The van der Waals surface area contributed by atoms with E-state index in [-0.39, 0.29) is 17.9 Å². The van der Waals surface area contributed by atoms with Crippen molar-refractivity contribution < 1.29 is 13.6 Å². The highest BCUT2D eigenvalue weighted by Gasteiger charge is 2.25. The van der Waals surface area contributed by atoms with Crippen LogP contribution in [-0.4, -0.2) is 69.5 Å². The van der Waals surface area contributed by atoms with Crippen LogP contribution in [0.25, 0.3) is 11.0 Å². The number of halogens is 2. The van der Waals surface area contributed by atoms with Crippen molar-refractivity contribution in [2.24, 2.45) is 0 Å².